The normalized spacial score (nSPS) is 16.4. The Morgan fingerprint density at radius 3 is 2.83 bits per heavy atom. The summed E-state index contributed by atoms with van der Waals surface area (Å²) in [7, 11) is 3.20. The van der Waals surface area contributed by atoms with E-state index in [1.54, 1.807) is 14.2 Å². The predicted octanol–water partition coefficient (Wildman–Crippen LogP) is 3.97. The molecule has 0 unspecified atom stereocenters. The van der Waals surface area contributed by atoms with Crippen LogP contribution in [-0.4, -0.2) is 20.8 Å². The van der Waals surface area contributed by atoms with Crippen LogP contribution in [-0.2, 0) is 6.54 Å². The van der Waals surface area contributed by atoms with Crippen molar-refractivity contribution in [3.8, 4) is 17.2 Å². The Morgan fingerprint density at radius 2 is 2.04 bits per heavy atom. The van der Waals surface area contributed by atoms with E-state index in [9.17, 15) is 0 Å². The lowest BCUT2D eigenvalue weighted by molar-refractivity contribution is 0.252. The number of hydrogen-bond acceptors (Lipinski definition) is 4. The van der Waals surface area contributed by atoms with Gasteiger partial charge in [0.15, 0.2) is 11.5 Å². The van der Waals surface area contributed by atoms with Gasteiger partial charge in [-0.15, -0.1) is 0 Å². The average Bonchev–Trinajstić information content (AvgIpc) is 2.59. The molecule has 0 spiro atoms. The van der Waals surface area contributed by atoms with Gasteiger partial charge in [-0.1, -0.05) is 29.8 Å². The van der Waals surface area contributed by atoms with Gasteiger partial charge in [-0.25, -0.2) is 0 Å². The maximum atomic E-state index is 6.26. The molecule has 0 radical (unpaired) electrons. The minimum Gasteiger partial charge on any atom is -0.493 e. The first-order chi connectivity index (χ1) is 11.2. The molecule has 0 fully saturated rings. The predicted molar refractivity (Wildman–Crippen MR) is 90.7 cm³/mol. The van der Waals surface area contributed by atoms with E-state index in [4.69, 9.17) is 25.8 Å². The summed E-state index contributed by atoms with van der Waals surface area (Å²) in [5.41, 5.74) is 2.25. The molecule has 1 N–H and O–H groups in total. The van der Waals surface area contributed by atoms with Crippen LogP contribution in [0.4, 0.5) is 0 Å². The third-order valence-corrected chi connectivity index (χ3v) is 4.29. The molecule has 1 heterocycles. The molecule has 1 aliphatic rings. The first-order valence-corrected chi connectivity index (χ1v) is 7.96. The summed E-state index contributed by atoms with van der Waals surface area (Å²) in [4.78, 5) is 0. The summed E-state index contributed by atoms with van der Waals surface area (Å²) < 4.78 is 16.3. The minimum absolute atomic E-state index is 0.270. The van der Waals surface area contributed by atoms with E-state index in [2.05, 4.69) is 11.4 Å². The Kier molecular flexibility index (Phi) is 4.94. The van der Waals surface area contributed by atoms with Crippen molar-refractivity contribution in [2.75, 3.05) is 20.8 Å². The van der Waals surface area contributed by atoms with E-state index in [-0.39, 0.29) is 6.04 Å². The van der Waals surface area contributed by atoms with E-state index in [0.717, 1.165) is 24.3 Å². The number of hydrogen-bond donors (Lipinski definition) is 1. The molecule has 0 saturated carbocycles. The lowest BCUT2D eigenvalue weighted by Gasteiger charge is -2.27. The van der Waals surface area contributed by atoms with Gasteiger partial charge in [-0.05, 0) is 23.8 Å². The number of benzene rings is 2. The summed E-state index contributed by atoms with van der Waals surface area (Å²) in [5.74, 6) is 2.17. The highest BCUT2D eigenvalue weighted by Gasteiger charge is 2.20. The van der Waals surface area contributed by atoms with Gasteiger partial charge in [-0.2, -0.15) is 0 Å². The van der Waals surface area contributed by atoms with Crippen molar-refractivity contribution < 1.29 is 14.2 Å². The molecule has 5 heteroatoms. The van der Waals surface area contributed by atoms with Crippen LogP contribution in [0.15, 0.2) is 36.4 Å². The SMILES string of the molecule is COc1cc(CN[C@H]2CCOc3ccccc32)cc(Cl)c1OC. The van der Waals surface area contributed by atoms with Crippen LogP contribution in [0.2, 0.25) is 5.02 Å². The fourth-order valence-corrected chi connectivity index (χ4v) is 3.18. The Labute approximate surface area is 141 Å². The average molecular weight is 334 g/mol. The molecule has 3 rings (SSSR count). The first-order valence-electron chi connectivity index (χ1n) is 7.58. The Bertz CT molecular complexity index is 690. The van der Waals surface area contributed by atoms with Crippen LogP contribution < -0.4 is 19.5 Å². The van der Waals surface area contributed by atoms with Gasteiger partial charge in [0.1, 0.15) is 5.75 Å². The highest BCUT2D eigenvalue weighted by molar-refractivity contribution is 6.32. The van der Waals surface area contributed by atoms with Crippen LogP contribution >= 0.6 is 11.6 Å². The highest BCUT2D eigenvalue weighted by atomic mass is 35.5. The molecule has 1 atom stereocenters. The highest BCUT2D eigenvalue weighted by Crippen LogP contribution is 2.36. The molecule has 0 aromatic heterocycles. The maximum Gasteiger partial charge on any atom is 0.179 e. The number of ether oxygens (including phenoxy) is 3. The van der Waals surface area contributed by atoms with E-state index < -0.39 is 0 Å². The molecule has 0 amide bonds. The Morgan fingerprint density at radius 1 is 1.22 bits per heavy atom. The van der Waals surface area contributed by atoms with Gasteiger partial charge in [0.2, 0.25) is 0 Å². The molecule has 23 heavy (non-hydrogen) atoms. The van der Waals surface area contributed by atoms with Crippen LogP contribution in [0.3, 0.4) is 0 Å². The minimum atomic E-state index is 0.270. The van der Waals surface area contributed by atoms with Crippen molar-refractivity contribution in [1.82, 2.24) is 5.32 Å². The number of nitrogens with one attached hydrogen (secondary N) is 1. The summed E-state index contributed by atoms with van der Waals surface area (Å²) >= 11 is 6.26. The van der Waals surface area contributed by atoms with Gasteiger partial charge in [0.25, 0.3) is 0 Å². The van der Waals surface area contributed by atoms with Crippen LogP contribution in [0.1, 0.15) is 23.6 Å². The fraction of sp³-hybridized carbons (Fsp3) is 0.333. The lowest BCUT2D eigenvalue weighted by Crippen LogP contribution is -2.26. The molecular formula is C18H20ClNO3. The zero-order valence-corrected chi connectivity index (χ0v) is 14.0. The molecule has 2 aromatic rings. The van der Waals surface area contributed by atoms with E-state index in [1.165, 1.54) is 5.56 Å². The summed E-state index contributed by atoms with van der Waals surface area (Å²) in [6.45, 7) is 1.42. The quantitative estimate of drug-likeness (QED) is 0.898. The molecule has 0 aliphatic carbocycles. The summed E-state index contributed by atoms with van der Waals surface area (Å²) in [6, 6.07) is 12.3. The number of fused-ring (bicyclic) bond motifs is 1. The first kappa shape index (κ1) is 16.0. The monoisotopic (exact) mass is 333 g/mol. The van der Waals surface area contributed by atoms with Crippen LogP contribution in [0.5, 0.6) is 17.2 Å². The topological polar surface area (TPSA) is 39.7 Å². The van der Waals surface area contributed by atoms with Gasteiger partial charge in [-0.3, -0.25) is 0 Å². The van der Waals surface area contributed by atoms with Crippen molar-refractivity contribution in [1.29, 1.82) is 0 Å². The van der Waals surface area contributed by atoms with Crippen molar-refractivity contribution in [3.63, 3.8) is 0 Å². The van der Waals surface area contributed by atoms with Crippen molar-refractivity contribution >= 4 is 11.6 Å². The second-order valence-corrected chi connectivity index (χ2v) is 5.83. The molecular weight excluding hydrogens is 314 g/mol. The molecule has 4 nitrogen and oxygen atoms in total. The van der Waals surface area contributed by atoms with Crippen LogP contribution in [0, 0.1) is 0 Å². The second-order valence-electron chi connectivity index (χ2n) is 5.42. The third kappa shape index (κ3) is 3.38. The van der Waals surface area contributed by atoms with Crippen molar-refractivity contribution in [2.24, 2.45) is 0 Å². The zero-order valence-electron chi connectivity index (χ0n) is 13.3. The summed E-state index contributed by atoms with van der Waals surface area (Å²) in [5, 5.41) is 4.13. The molecule has 1 aliphatic heterocycles. The number of rotatable bonds is 5. The van der Waals surface area contributed by atoms with Gasteiger partial charge >= 0.3 is 0 Å². The Hall–Kier alpha value is -1.91. The van der Waals surface area contributed by atoms with E-state index >= 15 is 0 Å². The van der Waals surface area contributed by atoms with Gasteiger partial charge in [0, 0.05) is 24.6 Å². The number of methoxy groups -OCH3 is 2. The number of halogens is 1. The summed E-state index contributed by atoms with van der Waals surface area (Å²) in [6.07, 6.45) is 0.942. The largest absolute Gasteiger partial charge is 0.493 e. The Balaban J connectivity index is 1.76. The second kappa shape index (κ2) is 7.11. The third-order valence-electron chi connectivity index (χ3n) is 4.00. The maximum absolute atomic E-state index is 6.26. The zero-order chi connectivity index (χ0) is 16.2. The van der Waals surface area contributed by atoms with Gasteiger partial charge in [0.05, 0.1) is 25.8 Å². The van der Waals surface area contributed by atoms with Gasteiger partial charge < -0.3 is 19.5 Å². The molecule has 0 saturated heterocycles. The standard InChI is InChI=1S/C18H20ClNO3/c1-21-17-10-12(9-14(19)18(17)22-2)11-20-15-7-8-23-16-6-4-3-5-13(15)16/h3-6,9-10,15,20H,7-8,11H2,1-2H3/t15-/m0/s1. The van der Waals surface area contributed by atoms with E-state index in [0.29, 0.717) is 23.1 Å². The number of para-hydroxylation sites is 1. The van der Waals surface area contributed by atoms with Crippen molar-refractivity contribution in [2.45, 2.75) is 19.0 Å². The lowest BCUT2D eigenvalue weighted by atomic mass is 10.0. The smallest absolute Gasteiger partial charge is 0.179 e. The fourth-order valence-electron chi connectivity index (χ4n) is 2.87. The van der Waals surface area contributed by atoms with Crippen LogP contribution in [0.25, 0.3) is 0 Å². The van der Waals surface area contributed by atoms with Crippen molar-refractivity contribution in [3.05, 3.63) is 52.5 Å². The molecule has 122 valence electrons. The van der Waals surface area contributed by atoms with E-state index in [1.807, 2.05) is 30.3 Å². The molecule has 0 bridgehead atoms. The molecule has 2 aromatic carbocycles.